The molecule has 0 spiro atoms. The number of rotatable bonds is 5. The Morgan fingerprint density at radius 1 is 1.22 bits per heavy atom. The van der Waals surface area contributed by atoms with Crippen LogP contribution in [0.1, 0.15) is 0 Å². The molecule has 1 saturated heterocycles. The van der Waals surface area contributed by atoms with Gasteiger partial charge >= 0.3 is 0 Å². The number of aliphatic hydroxyl groups excluding tert-OH is 1. The molecule has 0 bridgehead atoms. The van der Waals surface area contributed by atoms with Gasteiger partial charge in [-0.1, -0.05) is 0 Å². The standard InChI is InChI=1S/C13H20N2O2S/c16-11-1-3-13(4-2-11)18-10-12(17)9-15-7-5-14-6-8-15/h1-4,12,14,16-17H,5-10H2. The second-order valence-corrected chi connectivity index (χ2v) is 5.60. The number of aliphatic hydroxyl groups is 1. The molecule has 100 valence electrons. The first-order chi connectivity index (χ1) is 8.74. The van der Waals surface area contributed by atoms with Crippen molar-refractivity contribution in [2.24, 2.45) is 0 Å². The highest BCUT2D eigenvalue weighted by Gasteiger charge is 2.14. The molecule has 18 heavy (non-hydrogen) atoms. The van der Waals surface area contributed by atoms with E-state index in [1.165, 1.54) is 0 Å². The summed E-state index contributed by atoms with van der Waals surface area (Å²) in [6, 6.07) is 7.09. The molecule has 3 N–H and O–H groups in total. The van der Waals surface area contributed by atoms with Crippen molar-refractivity contribution in [2.45, 2.75) is 11.0 Å². The van der Waals surface area contributed by atoms with E-state index >= 15 is 0 Å². The molecule has 0 saturated carbocycles. The fourth-order valence-corrected chi connectivity index (χ4v) is 2.80. The predicted octanol–water partition coefficient (Wildman–Crippen LogP) is 0.750. The summed E-state index contributed by atoms with van der Waals surface area (Å²) in [5.74, 6) is 0.968. The highest BCUT2D eigenvalue weighted by atomic mass is 32.2. The van der Waals surface area contributed by atoms with Gasteiger partial charge in [0.2, 0.25) is 0 Å². The van der Waals surface area contributed by atoms with Gasteiger partial charge < -0.3 is 15.5 Å². The van der Waals surface area contributed by atoms with E-state index in [0.717, 1.165) is 37.6 Å². The summed E-state index contributed by atoms with van der Waals surface area (Å²) in [7, 11) is 0. The van der Waals surface area contributed by atoms with E-state index in [0.29, 0.717) is 5.75 Å². The number of nitrogens with zero attached hydrogens (tertiary/aromatic N) is 1. The summed E-state index contributed by atoms with van der Waals surface area (Å²) in [5, 5.41) is 22.5. The summed E-state index contributed by atoms with van der Waals surface area (Å²) >= 11 is 1.62. The predicted molar refractivity (Wildman–Crippen MR) is 74.1 cm³/mol. The molecule has 0 radical (unpaired) electrons. The van der Waals surface area contributed by atoms with Crippen LogP contribution >= 0.6 is 11.8 Å². The lowest BCUT2D eigenvalue weighted by Gasteiger charge is -2.28. The maximum atomic E-state index is 9.99. The van der Waals surface area contributed by atoms with E-state index in [9.17, 15) is 10.2 Å². The molecule has 4 nitrogen and oxygen atoms in total. The zero-order chi connectivity index (χ0) is 12.8. The van der Waals surface area contributed by atoms with Crippen molar-refractivity contribution in [1.82, 2.24) is 10.2 Å². The summed E-state index contributed by atoms with van der Waals surface area (Å²) in [6.07, 6.45) is -0.304. The van der Waals surface area contributed by atoms with E-state index in [4.69, 9.17) is 0 Å². The van der Waals surface area contributed by atoms with Gasteiger partial charge in [-0.15, -0.1) is 11.8 Å². The smallest absolute Gasteiger partial charge is 0.115 e. The lowest BCUT2D eigenvalue weighted by molar-refractivity contribution is 0.121. The average molecular weight is 268 g/mol. The number of piperazine rings is 1. The fraction of sp³-hybridized carbons (Fsp3) is 0.538. The van der Waals surface area contributed by atoms with E-state index < -0.39 is 0 Å². The number of β-amino-alcohol motifs (C(OH)–C–C–N with tert-alkyl or cyclic N) is 1. The Morgan fingerprint density at radius 2 is 1.89 bits per heavy atom. The molecule has 0 aliphatic carbocycles. The van der Waals surface area contributed by atoms with Crippen LogP contribution in [0.15, 0.2) is 29.2 Å². The number of thioether (sulfide) groups is 1. The number of nitrogens with one attached hydrogen (secondary N) is 1. The van der Waals surface area contributed by atoms with Crippen molar-refractivity contribution in [2.75, 3.05) is 38.5 Å². The first kappa shape index (κ1) is 13.7. The van der Waals surface area contributed by atoms with Crippen molar-refractivity contribution < 1.29 is 10.2 Å². The molecule has 1 atom stereocenters. The van der Waals surface area contributed by atoms with Gasteiger partial charge in [-0.25, -0.2) is 0 Å². The second-order valence-electron chi connectivity index (χ2n) is 4.51. The highest BCUT2D eigenvalue weighted by molar-refractivity contribution is 7.99. The van der Waals surface area contributed by atoms with Crippen molar-refractivity contribution >= 4 is 11.8 Å². The molecule has 1 aromatic rings. The molecule has 2 rings (SSSR count). The zero-order valence-corrected chi connectivity index (χ0v) is 11.2. The molecule has 1 aromatic carbocycles. The minimum Gasteiger partial charge on any atom is -0.508 e. The van der Waals surface area contributed by atoms with Gasteiger partial charge in [-0.3, -0.25) is 4.90 Å². The van der Waals surface area contributed by atoms with Gasteiger partial charge in [-0.05, 0) is 24.3 Å². The Balaban J connectivity index is 1.70. The summed E-state index contributed by atoms with van der Waals surface area (Å²) < 4.78 is 0. The van der Waals surface area contributed by atoms with E-state index in [2.05, 4.69) is 10.2 Å². The number of hydrogen-bond acceptors (Lipinski definition) is 5. The minimum absolute atomic E-state index is 0.278. The number of phenolic OH excluding ortho intramolecular Hbond substituents is 1. The Morgan fingerprint density at radius 3 is 2.56 bits per heavy atom. The number of phenols is 1. The molecule has 1 aliphatic heterocycles. The molecule has 1 heterocycles. The minimum atomic E-state index is -0.304. The van der Waals surface area contributed by atoms with Gasteiger partial charge in [-0.2, -0.15) is 0 Å². The fourth-order valence-electron chi connectivity index (χ4n) is 1.98. The molecule has 0 aromatic heterocycles. The van der Waals surface area contributed by atoms with Crippen LogP contribution in [-0.4, -0.2) is 59.7 Å². The van der Waals surface area contributed by atoms with Crippen molar-refractivity contribution in [3.63, 3.8) is 0 Å². The molecule has 1 unspecified atom stereocenters. The van der Waals surface area contributed by atoms with Crippen LogP contribution in [0.25, 0.3) is 0 Å². The zero-order valence-electron chi connectivity index (χ0n) is 10.4. The summed E-state index contributed by atoms with van der Waals surface area (Å²) in [4.78, 5) is 3.37. The van der Waals surface area contributed by atoms with Crippen LogP contribution in [0.5, 0.6) is 5.75 Å². The van der Waals surface area contributed by atoms with Crippen LogP contribution in [-0.2, 0) is 0 Å². The van der Waals surface area contributed by atoms with E-state index in [1.807, 2.05) is 12.1 Å². The van der Waals surface area contributed by atoms with Gasteiger partial charge in [0.15, 0.2) is 0 Å². The van der Waals surface area contributed by atoms with Crippen molar-refractivity contribution in [1.29, 1.82) is 0 Å². The Bertz CT molecular complexity index is 353. The molecule has 0 amide bonds. The number of aromatic hydroxyl groups is 1. The van der Waals surface area contributed by atoms with Crippen LogP contribution in [0, 0.1) is 0 Å². The molecule has 1 aliphatic rings. The maximum absolute atomic E-state index is 9.99. The normalized spacial score (nSPS) is 18.7. The lowest BCUT2D eigenvalue weighted by Crippen LogP contribution is -2.46. The van der Waals surface area contributed by atoms with Gasteiger partial charge in [0.25, 0.3) is 0 Å². The van der Waals surface area contributed by atoms with Gasteiger partial charge in [0.05, 0.1) is 6.10 Å². The maximum Gasteiger partial charge on any atom is 0.115 e. The van der Waals surface area contributed by atoms with E-state index in [-0.39, 0.29) is 11.9 Å². The Kier molecular flexibility index (Phi) is 5.31. The monoisotopic (exact) mass is 268 g/mol. The first-order valence-electron chi connectivity index (χ1n) is 6.27. The molecule has 5 heteroatoms. The first-order valence-corrected chi connectivity index (χ1v) is 7.25. The summed E-state index contributed by atoms with van der Waals surface area (Å²) in [5.41, 5.74) is 0. The van der Waals surface area contributed by atoms with Crippen LogP contribution < -0.4 is 5.32 Å². The van der Waals surface area contributed by atoms with Crippen LogP contribution in [0.4, 0.5) is 0 Å². The largest absolute Gasteiger partial charge is 0.508 e. The Hall–Kier alpha value is -0.750. The number of benzene rings is 1. The lowest BCUT2D eigenvalue weighted by atomic mass is 10.3. The highest BCUT2D eigenvalue weighted by Crippen LogP contribution is 2.21. The second kappa shape index (κ2) is 6.99. The van der Waals surface area contributed by atoms with Gasteiger partial charge in [0.1, 0.15) is 5.75 Å². The SMILES string of the molecule is Oc1ccc(SCC(O)CN2CCNCC2)cc1. The average Bonchev–Trinajstić information content (AvgIpc) is 2.39. The van der Waals surface area contributed by atoms with Gasteiger partial charge in [0, 0.05) is 43.4 Å². The third-order valence-corrected chi connectivity index (χ3v) is 4.11. The van der Waals surface area contributed by atoms with Crippen molar-refractivity contribution in [3.8, 4) is 5.75 Å². The summed E-state index contributed by atoms with van der Waals surface area (Å²) in [6.45, 7) is 4.80. The molecule has 1 fully saturated rings. The molecular weight excluding hydrogens is 248 g/mol. The quantitative estimate of drug-likeness (QED) is 0.688. The number of hydrogen-bond donors (Lipinski definition) is 3. The van der Waals surface area contributed by atoms with E-state index in [1.54, 1.807) is 23.9 Å². The third kappa shape index (κ3) is 4.49. The van der Waals surface area contributed by atoms with Crippen molar-refractivity contribution in [3.05, 3.63) is 24.3 Å². The van der Waals surface area contributed by atoms with Crippen LogP contribution in [0.3, 0.4) is 0 Å². The van der Waals surface area contributed by atoms with Crippen LogP contribution in [0.2, 0.25) is 0 Å². The third-order valence-electron chi connectivity index (χ3n) is 2.96. The molecular formula is C13H20N2O2S. The topological polar surface area (TPSA) is 55.7 Å². The Labute approximate surface area is 112 Å².